The largest absolute Gasteiger partial charge is 0.409 e. The van der Waals surface area contributed by atoms with Crippen molar-refractivity contribution in [3.8, 4) is 0 Å². The third-order valence-electron chi connectivity index (χ3n) is 2.43. The summed E-state index contributed by atoms with van der Waals surface area (Å²) < 4.78 is 5.57. The highest BCUT2D eigenvalue weighted by Gasteiger charge is 2.11. The van der Waals surface area contributed by atoms with Crippen molar-refractivity contribution in [3.63, 3.8) is 0 Å². The van der Waals surface area contributed by atoms with Gasteiger partial charge in [0.1, 0.15) is 6.10 Å². The molecule has 0 aromatic heterocycles. The first-order chi connectivity index (χ1) is 7.11. The molecule has 0 aliphatic carbocycles. The Morgan fingerprint density at radius 1 is 1.33 bits per heavy atom. The molecule has 0 saturated heterocycles. The number of hydrogen-bond acceptors (Lipinski definition) is 3. The minimum atomic E-state index is -0.309. The predicted octanol–water partition coefficient (Wildman–Crippen LogP) is 2.50. The van der Waals surface area contributed by atoms with Crippen LogP contribution in [0.15, 0.2) is 5.16 Å². The predicted molar refractivity (Wildman–Crippen MR) is 62.2 cm³/mol. The topological polar surface area (TPSA) is 67.8 Å². The summed E-state index contributed by atoms with van der Waals surface area (Å²) in [6.07, 6.45) is 5.84. The molecule has 0 spiro atoms. The molecule has 0 radical (unpaired) electrons. The van der Waals surface area contributed by atoms with E-state index in [0.29, 0.717) is 0 Å². The molecular weight excluding hydrogens is 192 g/mol. The summed E-state index contributed by atoms with van der Waals surface area (Å²) in [5.41, 5.74) is 5.42. The van der Waals surface area contributed by atoms with E-state index in [1.54, 1.807) is 6.92 Å². The average molecular weight is 216 g/mol. The Morgan fingerprint density at radius 2 is 2.00 bits per heavy atom. The number of nitrogens with zero attached hydrogens (tertiary/aromatic N) is 1. The minimum absolute atomic E-state index is 0.135. The van der Waals surface area contributed by atoms with Gasteiger partial charge in [-0.3, -0.25) is 0 Å². The van der Waals surface area contributed by atoms with E-state index in [1.807, 2.05) is 6.92 Å². The molecule has 3 N–H and O–H groups in total. The summed E-state index contributed by atoms with van der Waals surface area (Å²) in [7, 11) is 0. The quantitative estimate of drug-likeness (QED) is 0.215. The van der Waals surface area contributed by atoms with Crippen LogP contribution in [0.2, 0.25) is 0 Å². The van der Waals surface area contributed by atoms with Gasteiger partial charge in [-0.2, -0.15) is 0 Å². The van der Waals surface area contributed by atoms with E-state index in [-0.39, 0.29) is 18.0 Å². The second-order valence-electron chi connectivity index (χ2n) is 3.96. The van der Waals surface area contributed by atoms with E-state index in [4.69, 9.17) is 15.7 Å². The van der Waals surface area contributed by atoms with Gasteiger partial charge in [0.15, 0.2) is 5.84 Å². The van der Waals surface area contributed by atoms with Crippen LogP contribution >= 0.6 is 0 Å². The molecule has 0 bridgehead atoms. The van der Waals surface area contributed by atoms with Crippen molar-refractivity contribution in [2.75, 3.05) is 0 Å². The van der Waals surface area contributed by atoms with Gasteiger partial charge in [0.25, 0.3) is 0 Å². The molecule has 0 aromatic carbocycles. The van der Waals surface area contributed by atoms with Crippen molar-refractivity contribution in [2.24, 2.45) is 10.9 Å². The highest BCUT2D eigenvalue weighted by atomic mass is 16.5. The van der Waals surface area contributed by atoms with E-state index >= 15 is 0 Å². The first-order valence-corrected chi connectivity index (χ1v) is 5.74. The number of unbranched alkanes of at least 4 members (excludes halogenated alkanes) is 3. The van der Waals surface area contributed by atoms with E-state index in [1.165, 1.54) is 25.7 Å². The molecular formula is C11H24N2O2. The van der Waals surface area contributed by atoms with Crippen LogP contribution in [0.3, 0.4) is 0 Å². The fourth-order valence-corrected chi connectivity index (χ4v) is 1.43. The molecule has 4 heteroatoms. The van der Waals surface area contributed by atoms with Crippen LogP contribution in [0.1, 0.15) is 52.9 Å². The van der Waals surface area contributed by atoms with E-state index in [9.17, 15) is 0 Å². The van der Waals surface area contributed by atoms with Crippen molar-refractivity contribution >= 4 is 5.84 Å². The second-order valence-corrected chi connectivity index (χ2v) is 3.96. The van der Waals surface area contributed by atoms with Gasteiger partial charge >= 0.3 is 0 Å². The standard InChI is InChI=1S/C11H24N2O2/c1-4-5-6-7-8-9(2)15-10(3)11(12)13-14/h9-10,14H,4-8H2,1-3H3,(H2,12,13). The molecule has 0 aliphatic rings. The summed E-state index contributed by atoms with van der Waals surface area (Å²) in [5.74, 6) is 0.135. The summed E-state index contributed by atoms with van der Waals surface area (Å²) in [6.45, 7) is 6.01. The maximum atomic E-state index is 8.45. The van der Waals surface area contributed by atoms with Gasteiger partial charge in [-0.05, 0) is 20.3 Å². The number of oxime groups is 1. The molecule has 0 aromatic rings. The van der Waals surface area contributed by atoms with Crippen LogP contribution in [0.25, 0.3) is 0 Å². The first-order valence-electron chi connectivity index (χ1n) is 5.74. The molecule has 0 rings (SSSR count). The van der Waals surface area contributed by atoms with Crippen LogP contribution in [-0.2, 0) is 4.74 Å². The van der Waals surface area contributed by atoms with Crippen LogP contribution < -0.4 is 5.73 Å². The lowest BCUT2D eigenvalue weighted by Crippen LogP contribution is -2.31. The fourth-order valence-electron chi connectivity index (χ4n) is 1.43. The van der Waals surface area contributed by atoms with Gasteiger partial charge in [0, 0.05) is 0 Å². The van der Waals surface area contributed by atoms with Crippen LogP contribution in [0.5, 0.6) is 0 Å². The maximum absolute atomic E-state index is 8.45. The van der Waals surface area contributed by atoms with Crippen molar-refractivity contribution in [1.29, 1.82) is 0 Å². The van der Waals surface area contributed by atoms with Gasteiger partial charge in [-0.25, -0.2) is 0 Å². The van der Waals surface area contributed by atoms with Gasteiger partial charge in [0.2, 0.25) is 0 Å². The highest BCUT2D eigenvalue weighted by Crippen LogP contribution is 2.09. The first kappa shape index (κ1) is 14.2. The smallest absolute Gasteiger partial charge is 0.168 e. The summed E-state index contributed by atoms with van der Waals surface area (Å²) in [4.78, 5) is 0. The Hall–Kier alpha value is -0.770. The Bertz CT molecular complexity index is 183. The molecule has 2 atom stereocenters. The third kappa shape index (κ3) is 7.19. The van der Waals surface area contributed by atoms with Crippen molar-refractivity contribution in [1.82, 2.24) is 0 Å². The normalized spacial score (nSPS) is 16.3. The van der Waals surface area contributed by atoms with Crippen molar-refractivity contribution < 1.29 is 9.94 Å². The minimum Gasteiger partial charge on any atom is -0.409 e. The summed E-state index contributed by atoms with van der Waals surface area (Å²) in [5, 5.41) is 11.4. The molecule has 4 nitrogen and oxygen atoms in total. The number of rotatable bonds is 8. The number of nitrogens with two attached hydrogens (primary N) is 1. The molecule has 0 heterocycles. The average Bonchev–Trinajstić information content (AvgIpc) is 2.23. The van der Waals surface area contributed by atoms with Gasteiger partial charge in [-0.15, -0.1) is 0 Å². The molecule has 0 fully saturated rings. The Kier molecular flexibility index (Phi) is 8.09. The monoisotopic (exact) mass is 216 g/mol. The number of hydrogen-bond donors (Lipinski definition) is 2. The van der Waals surface area contributed by atoms with Gasteiger partial charge in [0.05, 0.1) is 6.10 Å². The van der Waals surface area contributed by atoms with Crippen LogP contribution in [-0.4, -0.2) is 23.3 Å². The highest BCUT2D eigenvalue weighted by molar-refractivity contribution is 5.83. The lowest BCUT2D eigenvalue weighted by Gasteiger charge is -2.17. The molecule has 15 heavy (non-hydrogen) atoms. The molecule has 0 amide bonds. The molecule has 0 aliphatic heterocycles. The zero-order valence-corrected chi connectivity index (χ0v) is 10.1. The summed E-state index contributed by atoms with van der Waals surface area (Å²) in [6, 6.07) is 0. The van der Waals surface area contributed by atoms with Crippen LogP contribution in [0, 0.1) is 0 Å². The lowest BCUT2D eigenvalue weighted by molar-refractivity contribution is 0.0356. The number of amidine groups is 1. The zero-order valence-electron chi connectivity index (χ0n) is 10.1. The second kappa shape index (κ2) is 8.53. The maximum Gasteiger partial charge on any atom is 0.168 e. The third-order valence-corrected chi connectivity index (χ3v) is 2.43. The molecule has 0 saturated carbocycles. The SMILES string of the molecule is CCCCCCC(C)OC(C)C(N)=NO. The van der Waals surface area contributed by atoms with E-state index in [2.05, 4.69) is 12.1 Å². The fraction of sp³-hybridized carbons (Fsp3) is 0.909. The Morgan fingerprint density at radius 3 is 2.53 bits per heavy atom. The Labute approximate surface area is 92.5 Å². The van der Waals surface area contributed by atoms with Gasteiger partial charge < -0.3 is 15.7 Å². The van der Waals surface area contributed by atoms with E-state index < -0.39 is 0 Å². The zero-order chi connectivity index (χ0) is 11.7. The van der Waals surface area contributed by atoms with Crippen molar-refractivity contribution in [3.05, 3.63) is 0 Å². The number of ether oxygens (including phenoxy) is 1. The molecule has 2 unspecified atom stereocenters. The van der Waals surface area contributed by atoms with E-state index in [0.717, 1.165) is 6.42 Å². The Balaban J connectivity index is 3.60. The summed E-state index contributed by atoms with van der Waals surface area (Å²) >= 11 is 0. The van der Waals surface area contributed by atoms with Gasteiger partial charge in [-0.1, -0.05) is 37.8 Å². The molecule has 90 valence electrons. The lowest BCUT2D eigenvalue weighted by atomic mass is 10.1. The van der Waals surface area contributed by atoms with Crippen molar-refractivity contribution in [2.45, 2.75) is 65.1 Å². The van der Waals surface area contributed by atoms with Crippen LogP contribution in [0.4, 0.5) is 0 Å².